The average Bonchev–Trinajstić information content (AvgIpc) is 1.54. The molecular formula is H15N3NdO15+3. The molecule has 0 amide bonds. The quantitative estimate of drug-likeness (QED) is 0.237. The van der Waals surface area contributed by atoms with E-state index in [-0.39, 0.29) is 73.7 Å². The van der Waals surface area contributed by atoms with E-state index < -0.39 is 15.3 Å². The predicted octanol–water partition coefficient (Wildman–Crippen LogP) is -5.99. The van der Waals surface area contributed by atoms with Crippen LogP contribution in [0.1, 0.15) is 0 Å². The van der Waals surface area contributed by atoms with Crippen molar-refractivity contribution in [3.8, 4) is 0 Å². The van der Waals surface area contributed by atoms with Gasteiger partial charge in [-0.3, -0.25) is 0 Å². The monoisotopic (exact) mass is 439 g/mol. The van der Waals surface area contributed by atoms with Gasteiger partial charge in [0.1, 0.15) is 0 Å². The summed E-state index contributed by atoms with van der Waals surface area (Å²) in [5.74, 6) is 0. The van der Waals surface area contributed by atoms with Crippen LogP contribution < -0.4 is 0 Å². The van der Waals surface area contributed by atoms with Crippen LogP contribution in [0, 0.1) is 71.2 Å². The van der Waals surface area contributed by atoms with Crippen LogP contribution in [-0.2, 0) is 0 Å². The van der Waals surface area contributed by atoms with E-state index in [1.807, 2.05) is 0 Å². The molecule has 0 fully saturated rings. The van der Waals surface area contributed by atoms with Crippen LogP contribution in [0.15, 0.2) is 0 Å². The zero-order valence-electron chi connectivity index (χ0n) is 8.63. The Hall–Kier alpha value is -1.29. The first kappa shape index (κ1) is 83.2. The molecule has 0 spiro atoms. The Bertz CT molecular complexity index is 115. The molecule has 0 rings (SSSR count). The van der Waals surface area contributed by atoms with Gasteiger partial charge in [0.15, 0.2) is 0 Å². The first-order valence-corrected chi connectivity index (χ1v) is 1.70. The van der Waals surface area contributed by atoms with Crippen LogP contribution in [0.4, 0.5) is 0 Å². The van der Waals surface area contributed by atoms with Crippen LogP contribution in [0.2, 0.25) is 0 Å². The molecule has 0 atom stereocenters. The Kier molecular flexibility index (Phi) is 304. The van der Waals surface area contributed by atoms with Crippen LogP contribution in [-0.4, -0.2) is 63.7 Å². The fourth-order valence-electron chi connectivity index (χ4n) is 0. The van der Waals surface area contributed by atoms with Gasteiger partial charge in [0.25, 0.3) is 15.3 Å². The van der Waals surface area contributed by atoms with Crippen molar-refractivity contribution in [2.24, 2.45) is 0 Å². The van der Waals surface area contributed by atoms with Crippen molar-refractivity contribution in [1.29, 1.82) is 0 Å². The third kappa shape index (κ3) is 2180. The fraction of sp³-hybridized carbons (Fsp3) is 0. The summed E-state index contributed by atoms with van der Waals surface area (Å²) in [6, 6.07) is 0. The van der Waals surface area contributed by atoms with Gasteiger partial charge < -0.3 is 48.5 Å². The van der Waals surface area contributed by atoms with Crippen LogP contribution in [0.5, 0.6) is 0 Å². The van der Waals surface area contributed by atoms with Gasteiger partial charge in [0, 0.05) is 0 Å². The van der Waals surface area contributed by atoms with Crippen molar-refractivity contribution in [3.63, 3.8) is 0 Å². The molecule has 0 aromatic carbocycles. The number of nitrogens with zero attached hydrogens (tertiary/aromatic N) is 3. The van der Waals surface area contributed by atoms with Crippen LogP contribution >= 0.6 is 0 Å². The fourth-order valence-corrected chi connectivity index (χ4v) is 0. The second kappa shape index (κ2) is 69.4. The molecule has 0 aromatic heterocycles. The zero-order chi connectivity index (χ0) is 10.7. The molecule has 19 heavy (non-hydrogen) atoms. The molecule has 0 saturated carbocycles. The van der Waals surface area contributed by atoms with Gasteiger partial charge in [-0.1, -0.05) is 0 Å². The molecule has 18 nitrogen and oxygen atoms in total. The summed E-state index contributed by atoms with van der Waals surface area (Å²) >= 11 is 0. The second-order valence-corrected chi connectivity index (χ2v) is 0.714. The summed E-state index contributed by atoms with van der Waals surface area (Å²) in [4.78, 5) is 25.1. The molecule has 1 radical (unpaired) electrons. The maximum absolute atomic E-state index is 8.36. The summed E-state index contributed by atoms with van der Waals surface area (Å²) in [6.45, 7) is 0. The Morgan fingerprint density at radius 1 is 0.526 bits per heavy atom. The van der Waals surface area contributed by atoms with E-state index in [0.29, 0.717) is 0 Å². The van der Waals surface area contributed by atoms with Gasteiger partial charge in [-0.2, -0.15) is 0 Å². The molecule has 121 valence electrons. The Morgan fingerprint density at radius 3 is 0.526 bits per heavy atom. The van der Waals surface area contributed by atoms with Crippen molar-refractivity contribution in [2.75, 3.05) is 0 Å². The average molecular weight is 441 g/mol. The van der Waals surface area contributed by atoms with Gasteiger partial charge in [-0.05, 0) is 0 Å². The SMILES string of the molecule is O.O.O.O.O.O.O=[N+]([O-])O.O=[N+]([O-])O.O=[N+]([O-])O.[Nd+3]. The van der Waals surface area contributed by atoms with Gasteiger partial charge in [-0.25, -0.2) is 0 Å². The van der Waals surface area contributed by atoms with Gasteiger partial charge >= 0.3 is 40.8 Å². The van der Waals surface area contributed by atoms with E-state index in [0.717, 1.165) is 0 Å². The molecule has 0 unspecified atom stereocenters. The van der Waals surface area contributed by atoms with Crippen LogP contribution in [0.25, 0.3) is 0 Å². The van der Waals surface area contributed by atoms with Gasteiger partial charge in [-0.15, -0.1) is 30.3 Å². The summed E-state index contributed by atoms with van der Waals surface area (Å²) < 4.78 is 0. The molecular weight excluding hydrogens is 426 g/mol. The van der Waals surface area contributed by atoms with Gasteiger partial charge in [0.2, 0.25) is 0 Å². The third-order valence-electron chi connectivity index (χ3n) is 0. The van der Waals surface area contributed by atoms with Crippen molar-refractivity contribution in [1.82, 2.24) is 0 Å². The molecule has 0 aliphatic carbocycles. The van der Waals surface area contributed by atoms with Crippen molar-refractivity contribution in [2.45, 2.75) is 0 Å². The smallest absolute Gasteiger partial charge is 0.412 e. The minimum Gasteiger partial charge on any atom is -0.412 e. The zero-order valence-corrected chi connectivity index (χ0v) is 11.8. The topological polar surface area (TPSA) is 379 Å². The standard InChI is InChI=1S/3HNO3.Nd.6H2O/c3*2-1(3)4;;;;;;;/h3*(H,2,3,4);;6*1H2/q;;;+3;;;;;;. The molecule has 19 heteroatoms. The number of rotatable bonds is 0. The van der Waals surface area contributed by atoms with E-state index in [9.17, 15) is 0 Å². The van der Waals surface area contributed by atoms with E-state index in [1.165, 1.54) is 0 Å². The largest absolute Gasteiger partial charge is 3.00 e. The Morgan fingerprint density at radius 2 is 0.526 bits per heavy atom. The maximum atomic E-state index is 8.36. The minimum absolute atomic E-state index is 0. The molecule has 15 N–H and O–H groups in total. The molecule has 0 heterocycles. The van der Waals surface area contributed by atoms with Crippen LogP contribution in [0.3, 0.4) is 0 Å². The summed E-state index contributed by atoms with van der Waals surface area (Å²) in [5, 5.41) is 40.9. The van der Waals surface area contributed by atoms with Crippen molar-refractivity contribution < 1.29 is 105 Å². The Balaban J connectivity index is -0.00000000675. The van der Waals surface area contributed by atoms with Crippen molar-refractivity contribution in [3.05, 3.63) is 30.3 Å². The van der Waals surface area contributed by atoms with Gasteiger partial charge in [0.05, 0.1) is 0 Å². The molecule has 0 bridgehead atoms. The van der Waals surface area contributed by atoms with E-state index in [4.69, 9.17) is 46.0 Å². The third-order valence-corrected chi connectivity index (χ3v) is 0. The molecule has 0 aliphatic rings. The van der Waals surface area contributed by atoms with E-state index in [2.05, 4.69) is 0 Å². The summed E-state index contributed by atoms with van der Waals surface area (Å²) in [7, 11) is 0. The second-order valence-electron chi connectivity index (χ2n) is 0.714. The first-order chi connectivity index (χ1) is 5.20. The summed E-state index contributed by atoms with van der Waals surface area (Å²) in [5.41, 5.74) is 0. The van der Waals surface area contributed by atoms with E-state index >= 15 is 0 Å². The van der Waals surface area contributed by atoms with E-state index in [1.54, 1.807) is 0 Å². The number of hydrogen-bond donors (Lipinski definition) is 3. The Labute approximate surface area is 135 Å². The predicted molar refractivity (Wildman–Crippen MR) is 48.0 cm³/mol. The first-order valence-electron chi connectivity index (χ1n) is 1.70. The van der Waals surface area contributed by atoms with Crippen molar-refractivity contribution >= 4 is 0 Å². The summed E-state index contributed by atoms with van der Waals surface area (Å²) in [6.07, 6.45) is 0. The molecule has 0 aromatic rings. The molecule has 0 saturated heterocycles. The maximum Gasteiger partial charge on any atom is 3.00 e. The number of hydrogen-bond acceptors (Lipinski definition) is 6. The minimum atomic E-state index is -1.50. The molecule has 0 aliphatic heterocycles. The normalized spacial score (nSPS) is 3.79.